The molecule has 2 nitrogen and oxygen atoms in total. The summed E-state index contributed by atoms with van der Waals surface area (Å²) in [6.07, 6.45) is 1.61. The monoisotopic (exact) mass is 273 g/mol. The van der Waals surface area contributed by atoms with Crippen LogP contribution in [0.5, 0.6) is 11.5 Å². The van der Waals surface area contributed by atoms with Gasteiger partial charge in [-0.15, -0.1) is 0 Å². The van der Waals surface area contributed by atoms with Gasteiger partial charge in [-0.2, -0.15) is 0 Å². The normalized spacial score (nSPS) is 10.6. The van der Waals surface area contributed by atoms with Gasteiger partial charge in [0, 0.05) is 16.6 Å². The highest BCUT2D eigenvalue weighted by Crippen LogP contribution is 2.31. The molecule has 3 aromatic rings. The molecule has 0 radical (unpaired) electrons. The van der Waals surface area contributed by atoms with Crippen LogP contribution in [0, 0.1) is 5.82 Å². The first-order chi connectivity index (χ1) is 9.24. The minimum Gasteiger partial charge on any atom is -0.454 e. The number of aromatic nitrogens is 1. The molecule has 0 aliphatic rings. The van der Waals surface area contributed by atoms with Gasteiger partial charge in [-0.1, -0.05) is 23.7 Å². The zero-order chi connectivity index (χ0) is 13.2. The van der Waals surface area contributed by atoms with Crippen LogP contribution in [-0.2, 0) is 0 Å². The molecule has 0 aliphatic heterocycles. The minimum atomic E-state index is -0.401. The maximum Gasteiger partial charge on any atom is 0.165 e. The number of rotatable bonds is 2. The second kappa shape index (κ2) is 4.86. The molecule has 4 heteroatoms. The quantitative estimate of drug-likeness (QED) is 0.668. The van der Waals surface area contributed by atoms with Crippen LogP contribution in [-0.4, -0.2) is 4.98 Å². The Labute approximate surface area is 114 Å². The van der Waals surface area contributed by atoms with Gasteiger partial charge in [-0.3, -0.25) is 4.98 Å². The number of fused-ring (bicyclic) bond motifs is 1. The van der Waals surface area contributed by atoms with Crippen molar-refractivity contribution in [3.63, 3.8) is 0 Å². The molecule has 19 heavy (non-hydrogen) atoms. The third-order valence-electron chi connectivity index (χ3n) is 2.72. The molecule has 0 fully saturated rings. The molecule has 0 unspecified atom stereocenters. The summed E-state index contributed by atoms with van der Waals surface area (Å²) in [4.78, 5) is 4.21. The first-order valence-electron chi connectivity index (χ1n) is 5.71. The molecular weight excluding hydrogens is 265 g/mol. The highest BCUT2D eigenvalue weighted by molar-refractivity contribution is 6.31. The molecule has 0 atom stereocenters. The van der Waals surface area contributed by atoms with E-state index in [9.17, 15) is 4.39 Å². The zero-order valence-electron chi connectivity index (χ0n) is 9.81. The molecule has 0 spiro atoms. The Morgan fingerprint density at radius 1 is 1.00 bits per heavy atom. The van der Waals surface area contributed by atoms with Crippen LogP contribution < -0.4 is 4.74 Å². The predicted octanol–water partition coefficient (Wildman–Crippen LogP) is 4.82. The van der Waals surface area contributed by atoms with E-state index < -0.39 is 5.82 Å². The fraction of sp³-hybridized carbons (Fsp3) is 0. The van der Waals surface area contributed by atoms with Crippen LogP contribution in [0.25, 0.3) is 10.9 Å². The van der Waals surface area contributed by atoms with E-state index in [-0.39, 0.29) is 5.75 Å². The number of hydrogen-bond donors (Lipinski definition) is 0. The van der Waals surface area contributed by atoms with Gasteiger partial charge in [0.25, 0.3) is 0 Å². The molecule has 0 aliphatic carbocycles. The lowest BCUT2D eigenvalue weighted by atomic mass is 10.2. The molecule has 1 heterocycles. The van der Waals surface area contributed by atoms with Crippen LogP contribution in [0.2, 0.25) is 5.02 Å². The Kier molecular flexibility index (Phi) is 3.05. The summed E-state index contributed by atoms with van der Waals surface area (Å²) in [5.41, 5.74) is 0.710. The molecule has 3 rings (SSSR count). The first kappa shape index (κ1) is 11.9. The Hall–Kier alpha value is -2.13. The molecule has 94 valence electrons. The summed E-state index contributed by atoms with van der Waals surface area (Å²) < 4.78 is 19.2. The summed E-state index contributed by atoms with van der Waals surface area (Å²) in [7, 11) is 0. The summed E-state index contributed by atoms with van der Waals surface area (Å²) in [5, 5.41) is 1.39. The number of pyridine rings is 1. The van der Waals surface area contributed by atoms with Crippen LogP contribution in [0.15, 0.2) is 54.7 Å². The van der Waals surface area contributed by atoms with E-state index in [0.29, 0.717) is 16.3 Å². The van der Waals surface area contributed by atoms with Crippen LogP contribution in [0.4, 0.5) is 4.39 Å². The Balaban J connectivity index is 2.09. The van der Waals surface area contributed by atoms with Crippen LogP contribution in [0.3, 0.4) is 0 Å². The van der Waals surface area contributed by atoms with E-state index in [1.54, 1.807) is 48.7 Å². The molecule has 0 saturated heterocycles. The Morgan fingerprint density at radius 2 is 1.84 bits per heavy atom. The van der Waals surface area contributed by atoms with E-state index in [0.717, 1.165) is 5.39 Å². The zero-order valence-corrected chi connectivity index (χ0v) is 10.6. The molecule has 0 N–H and O–H groups in total. The van der Waals surface area contributed by atoms with Crippen molar-refractivity contribution in [3.8, 4) is 11.5 Å². The highest BCUT2D eigenvalue weighted by Gasteiger charge is 2.07. The third kappa shape index (κ3) is 2.37. The van der Waals surface area contributed by atoms with Gasteiger partial charge in [-0.05, 0) is 36.4 Å². The third-order valence-corrected chi connectivity index (χ3v) is 2.96. The van der Waals surface area contributed by atoms with Crippen molar-refractivity contribution >= 4 is 22.5 Å². The minimum absolute atomic E-state index is 0.185. The van der Waals surface area contributed by atoms with Crippen molar-refractivity contribution in [1.82, 2.24) is 4.98 Å². The maximum atomic E-state index is 13.6. The number of para-hydroxylation sites is 1. The van der Waals surface area contributed by atoms with Crippen molar-refractivity contribution in [1.29, 1.82) is 0 Å². The van der Waals surface area contributed by atoms with Gasteiger partial charge in [0.2, 0.25) is 0 Å². The van der Waals surface area contributed by atoms with Gasteiger partial charge in [0.05, 0.1) is 5.52 Å². The molecule has 0 bridgehead atoms. The van der Waals surface area contributed by atoms with Crippen molar-refractivity contribution in [2.45, 2.75) is 0 Å². The molecular formula is C15H9ClFNO. The van der Waals surface area contributed by atoms with Gasteiger partial charge in [0.15, 0.2) is 11.6 Å². The summed E-state index contributed by atoms with van der Waals surface area (Å²) in [6.45, 7) is 0. The highest BCUT2D eigenvalue weighted by atomic mass is 35.5. The average Bonchev–Trinajstić information content (AvgIpc) is 2.41. The van der Waals surface area contributed by atoms with Crippen LogP contribution in [0.1, 0.15) is 0 Å². The molecule has 0 amide bonds. The van der Waals surface area contributed by atoms with Gasteiger partial charge in [0.1, 0.15) is 5.75 Å². The molecule has 2 aromatic carbocycles. The van der Waals surface area contributed by atoms with Crippen LogP contribution >= 0.6 is 11.6 Å². The van der Waals surface area contributed by atoms with Gasteiger partial charge < -0.3 is 4.74 Å². The number of halogens is 2. The number of nitrogens with zero attached hydrogens (tertiary/aromatic N) is 1. The summed E-state index contributed by atoms with van der Waals surface area (Å²) in [5.74, 6) is 0.332. The van der Waals surface area contributed by atoms with E-state index in [1.807, 2.05) is 0 Å². The smallest absolute Gasteiger partial charge is 0.165 e. The Bertz CT molecular complexity index is 745. The summed E-state index contributed by atoms with van der Waals surface area (Å²) >= 11 is 5.92. The molecule has 0 saturated carbocycles. The number of hydrogen-bond acceptors (Lipinski definition) is 2. The second-order valence-electron chi connectivity index (χ2n) is 4.00. The van der Waals surface area contributed by atoms with E-state index >= 15 is 0 Å². The van der Waals surface area contributed by atoms with Gasteiger partial charge >= 0.3 is 0 Å². The lowest BCUT2D eigenvalue weighted by Gasteiger charge is -2.09. The van der Waals surface area contributed by atoms with Crippen molar-refractivity contribution in [2.75, 3.05) is 0 Å². The lowest BCUT2D eigenvalue weighted by Crippen LogP contribution is -1.90. The van der Waals surface area contributed by atoms with Crippen molar-refractivity contribution in [2.24, 2.45) is 0 Å². The fourth-order valence-corrected chi connectivity index (χ4v) is 2.00. The predicted molar refractivity (Wildman–Crippen MR) is 73.2 cm³/mol. The first-order valence-corrected chi connectivity index (χ1v) is 6.08. The summed E-state index contributed by atoms with van der Waals surface area (Å²) in [6, 6.07) is 13.3. The second-order valence-corrected chi connectivity index (χ2v) is 4.44. The standard InChI is InChI=1S/C15H9ClFNO/c16-10-5-6-11-13(9-10)18-8-7-14(11)19-15-4-2-1-3-12(15)17/h1-9H. The molecule has 1 aromatic heterocycles. The van der Waals surface area contributed by atoms with Crippen molar-refractivity contribution in [3.05, 3.63) is 65.6 Å². The number of ether oxygens (including phenoxy) is 1. The largest absolute Gasteiger partial charge is 0.454 e. The Morgan fingerprint density at radius 3 is 2.68 bits per heavy atom. The van der Waals surface area contributed by atoms with Gasteiger partial charge in [-0.25, -0.2) is 4.39 Å². The fourth-order valence-electron chi connectivity index (χ4n) is 1.83. The van der Waals surface area contributed by atoms with E-state index in [2.05, 4.69) is 4.98 Å². The van der Waals surface area contributed by atoms with E-state index in [4.69, 9.17) is 16.3 Å². The van der Waals surface area contributed by atoms with Crippen molar-refractivity contribution < 1.29 is 9.13 Å². The maximum absolute atomic E-state index is 13.6. The SMILES string of the molecule is Fc1ccccc1Oc1ccnc2cc(Cl)ccc12. The topological polar surface area (TPSA) is 22.1 Å². The van der Waals surface area contributed by atoms with E-state index in [1.165, 1.54) is 6.07 Å². The lowest BCUT2D eigenvalue weighted by molar-refractivity contribution is 0.446. The average molecular weight is 274 g/mol. The number of benzene rings is 2.